The fourth-order valence-electron chi connectivity index (χ4n) is 5.88. The Bertz CT molecular complexity index is 1800. The second-order valence-electron chi connectivity index (χ2n) is 14.7. The van der Waals surface area contributed by atoms with Gasteiger partial charge in [-0.1, -0.05) is 60.7 Å². The molecule has 2 fully saturated rings. The van der Waals surface area contributed by atoms with E-state index < -0.39 is 42.9 Å². The molecule has 2 saturated heterocycles. The van der Waals surface area contributed by atoms with Gasteiger partial charge in [0.1, 0.15) is 11.5 Å². The minimum atomic E-state index is -0.712. The topological polar surface area (TPSA) is 55.4 Å². The van der Waals surface area contributed by atoms with Crippen molar-refractivity contribution < 1.29 is 28.1 Å². The van der Waals surface area contributed by atoms with E-state index in [0.29, 0.717) is 11.5 Å². The quantitative estimate of drug-likeness (QED) is 0.104. The Morgan fingerprint density at radius 2 is 0.830 bits per heavy atom. The first-order valence-corrected chi connectivity index (χ1v) is 16.4. The summed E-state index contributed by atoms with van der Waals surface area (Å²) in [7, 11) is -0.891. The molecule has 0 aliphatic carbocycles. The summed E-state index contributed by atoms with van der Waals surface area (Å²) >= 11 is 0. The van der Waals surface area contributed by atoms with Crippen LogP contribution < -0.4 is 20.4 Å². The standard InChI is InChI=1S/C39H42B2O6/c1-36(2)37(3,4)45-40(44-36)31-15-19-33(20-16-31)42-35(29-14-13-28-23-26-11-9-10-12-27(26)24-30(28)25-29)43-34-21-17-32(18-22-34)41-46-38(5,6)39(7,8)47-41/h9-25,35H,1-8H3. The van der Waals surface area contributed by atoms with Crippen LogP contribution in [-0.2, 0) is 18.6 Å². The molecule has 2 aliphatic rings. The van der Waals surface area contributed by atoms with Crippen LogP contribution >= 0.6 is 0 Å². The molecule has 0 saturated carbocycles. The molecule has 47 heavy (non-hydrogen) atoms. The van der Waals surface area contributed by atoms with Gasteiger partial charge in [0, 0.05) is 5.56 Å². The van der Waals surface area contributed by atoms with Crippen molar-refractivity contribution in [3.8, 4) is 11.5 Å². The van der Waals surface area contributed by atoms with Crippen molar-refractivity contribution in [1.29, 1.82) is 0 Å². The first kappa shape index (κ1) is 31.8. The number of hydrogen-bond acceptors (Lipinski definition) is 6. The smallest absolute Gasteiger partial charge is 0.451 e. The summed E-state index contributed by atoms with van der Waals surface area (Å²) in [5, 5.41) is 4.67. The largest absolute Gasteiger partial charge is 0.494 e. The van der Waals surface area contributed by atoms with Crippen molar-refractivity contribution in [3.63, 3.8) is 0 Å². The van der Waals surface area contributed by atoms with E-state index in [1.165, 1.54) is 10.8 Å². The van der Waals surface area contributed by atoms with Crippen molar-refractivity contribution in [2.24, 2.45) is 0 Å². The first-order valence-electron chi connectivity index (χ1n) is 16.4. The van der Waals surface area contributed by atoms with E-state index in [1.807, 2.05) is 48.5 Å². The number of fused-ring (bicyclic) bond motifs is 2. The van der Waals surface area contributed by atoms with Gasteiger partial charge in [-0.25, -0.2) is 0 Å². The molecule has 0 aromatic heterocycles. The molecule has 0 radical (unpaired) electrons. The van der Waals surface area contributed by atoms with Crippen molar-refractivity contribution in [1.82, 2.24) is 0 Å². The predicted octanol–water partition coefficient (Wildman–Crippen LogP) is 7.75. The van der Waals surface area contributed by atoms with Crippen molar-refractivity contribution in [2.75, 3.05) is 0 Å². The molecule has 240 valence electrons. The Kier molecular flexibility index (Phi) is 7.72. The molecule has 7 rings (SSSR count). The highest BCUT2D eigenvalue weighted by molar-refractivity contribution is 6.62. The van der Waals surface area contributed by atoms with Crippen LogP contribution in [0.3, 0.4) is 0 Å². The molecule has 0 amide bonds. The van der Waals surface area contributed by atoms with E-state index in [2.05, 4.69) is 110 Å². The molecule has 5 aromatic carbocycles. The monoisotopic (exact) mass is 628 g/mol. The second-order valence-corrected chi connectivity index (χ2v) is 14.7. The summed E-state index contributed by atoms with van der Waals surface area (Å²) in [4.78, 5) is 0. The Balaban J connectivity index is 1.17. The molecule has 0 atom stereocenters. The van der Waals surface area contributed by atoms with Crippen molar-refractivity contribution in [3.05, 3.63) is 109 Å². The Labute approximate surface area is 278 Å². The van der Waals surface area contributed by atoms with Crippen LogP contribution in [-0.4, -0.2) is 36.6 Å². The third-order valence-electron chi connectivity index (χ3n) is 10.3. The maximum absolute atomic E-state index is 6.57. The minimum Gasteiger partial charge on any atom is -0.451 e. The summed E-state index contributed by atoms with van der Waals surface area (Å²) in [6.07, 6.45) is -0.712. The van der Waals surface area contributed by atoms with E-state index in [4.69, 9.17) is 28.1 Å². The zero-order valence-electron chi connectivity index (χ0n) is 28.5. The van der Waals surface area contributed by atoms with Crippen molar-refractivity contribution in [2.45, 2.75) is 84.1 Å². The van der Waals surface area contributed by atoms with Gasteiger partial charge in [0.15, 0.2) is 0 Å². The molecule has 0 N–H and O–H groups in total. The van der Waals surface area contributed by atoms with Crippen LogP contribution in [0.15, 0.2) is 103 Å². The molecule has 0 bridgehead atoms. The third kappa shape index (κ3) is 6.04. The van der Waals surface area contributed by atoms with Crippen LogP contribution in [0.4, 0.5) is 0 Å². The number of ether oxygens (including phenoxy) is 2. The Morgan fingerprint density at radius 3 is 1.26 bits per heavy atom. The maximum Gasteiger partial charge on any atom is 0.494 e. The average Bonchev–Trinajstić information content (AvgIpc) is 3.39. The molecule has 2 heterocycles. The third-order valence-corrected chi connectivity index (χ3v) is 10.3. The van der Waals surface area contributed by atoms with Gasteiger partial charge < -0.3 is 28.1 Å². The summed E-state index contributed by atoms with van der Waals surface area (Å²) in [5.41, 5.74) is 1.12. The Hall–Kier alpha value is -3.81. The van der Waals surface area contributed by atoms with Crippen LogP contribution in [0.25, 0.3) is 21.5 Å². The summed E-state index contributed by atoms with van der Waals surface area (Å²) in [6, 6.07) is 34.9. The first-order chi connectivity index (χ1) is 22.2. The number of hydrogen-bond donors (Lipinski definition) is 0. The highest BCUT2D eigenvalue weighted by atomic mass is 16.7. The zero-order chi connectivity index (χ0) is 33.2. The summed E-state index contributed by atoms with van der Waals surface area (Å²) in [5.74, 6) is 1.34. The zero-order valence-corrected chi connectivity index (χ0v) is 28.5. The Morgan fingerprint density at radius 1 is 0.447 bits per heavy atom. The highest BCUT2D eigenvalue weighted by Crippen LogP contribution is 2.38. The van der Waals surface area contributed by atoms with Crippen LogP contribution in [0.5, 0.6) is 11.5 Å². The minimum absolute atomic E-state index is 0.412. The molecule has 8 heteroatoms. The second kappa shape index (κ2) is 11.4. The van der Waals surface area contributed by atoms with Gasteiger partial charge in [-0.05, 0) is 130 Å². The normalized spacial score (nSPS) is 19.5. The lowest BCUT2D eigenvalue weighted by molar-refractivity contribution is 0.00395. The fourth-order valence-corrected chi connectivity index (χ4v) is 5.88. The highest BCUT2D eigenvalue weighted by Gasteiger charge is 2.52. The molecule has 2 aliphatic heterocycles. The van der Waals surface area contributed by atoms with Gasteiger partial charge in [-0.2, -0.15) is 0 Å². The lowest BCUT2D eigenvalue weighted by Crippen LogP contribution is -2.41. The molecule has 6 nitrogen and oxygen atoms in total. The molecule has 0 spiro atoms. The van der Waals surface area contributed by atoms with E-state index in [0.717, 1.165) is 27.3 Å². The van der Waals surface area contributed by atoms with E-state index in [1.54, 1.807) is 0 Å². The van der Waals surface area contributed by atoms with Gasteiger partial charge in [0.25, 0.3) is 6.29 Å². The average molecular weight is 628 g/mol. The number of rotatable bonds is 7. The lowest BCUT2D eigenvalue weighted by Gasteiger charge is -2.32. The van der Waals surface area contributed by atoms with Gasteiger partial charge in [-0.15, -0.1) is 0 Å². The van der Waals surface area contributed by atoms with E-state index >= 15 is 0 Å². The maximum atomic E-state index is 6.57. The predicted molar refractivity (Wildman–Crippen MR) is 190 cm³/mol. The van der Waals surface area contributed by atoms with Gasteiger partial charge in [0.2, 0.25) is 0 Å². The van der Waals surface area contributed by atoms with Crippen molar-refractivity contribution >= 4 is 46.7 Å². The SMILES string of the molecule is CC1(C)OB(c2ccc(OC(Oc3ccc(B4OC(C)(C)C(C)(C)O4)cc3)c3ccc4cc5ccccc5cc4c3)cc2)OC1(C)C. The lowest BCUT2D eigenvalue weighted by atomic mass is 9.79. The molecule has 0 unspecified atom stereocenters. The van der Waals surface area contributed by atoms with Crippen LogP contribution in [0.2, 0.25) is 0 Å². The van der Waals surface area contributed by atoms with Gasteiger partial charge >= 0.3 is 14.2 Å². The molecular formula is C39H42B2O6. The summed E-state index contributed by atoms with van der Waals surface area (Å²) in [6.45, 7) is 16.4. The van der Waals surface area contributed by atoms with Gasteiger partial charge in [0.05, 0.1) is 22.4 Å². The van der Waals surface area contributed by atoms with E-state index in [9.17, 15) is 0 Å². The molecule has 5 aromatic rings. The van der Waals surface area contributed by atoms with E-state index in [-0.39, 0.29) is 0 Å². The summed E-state index contributed by atoms with van der Waals surface area (Å²) < 4.78 is 38.2. The fraction of sp³-hybridized carbons (Fsp3) is 0.333. The molecular weight excluding hydrogens is 586 g/mol. The van der Waals surface area contributed by atoms with Crippen LogP contribution in [0.1, 0.15) is 67.2 Å². The van der Waals surface area contributed by atoms with Gasteiger partial charge in [-0.3, -0.25) is 0 Å². The number of benzene rings is 5. The van der Waals surface area contributed by atoms with Crippen LogP contribution in [0, 0.1) is 0 Å².